The van der Waals surface area contributed by atoms with Gasteiger partial charge in [-0.2, -0.15) is 0 Å². The van der Waals surface area contributed by atoms with Crippen LogP contribution in [-0.4, -0.2) is 55.0 Å². The number of carbonyl (C=O) groups is 1. The van der Waals surface area contributed by atoms with Crippen molar-refractivity contribution in [1.82, 2.24) is 9.80 Å². The van der Waals surface area contributed by atoms with Gasteiger partial charge >= 0.3 is 0 Å². The molecule has 1 unspecified atom stereocenters. The molecule has 1 fully saturated rings. The SMILES string of the molecule is CC1CN(CN)CCN1CC=O. The van der Waals surface area contributed by atoms with Crippen LogP contribution >= 0.6 is 0 Å². The molecule has 1 atom stereocenters. The first-order valence-electron chi connectivity index (χ1n) is 4.38. The lowest BCUT2D eigenvalue weighted by molar-refractivity contribution is -0.109. The van der Waals surface area contributed by atoms with Crippen LogP contribution in [0.25, 0.3) is 0 Å². The van der Waals surface area contributed by atoms with E-state index in [0.29, 0.717) is 19.3 Å². The molecule has 12 heavy (non-hydrogen) atoms. The fourth-order valence-electron chi connectivity index (χ4n) is 1.60. The Bertz CT molecular complexity index is 151. The lowest BCUT2D eigenvalue weighted by Crippen LogP contribution is -2.53. The fourth-order valence-corrected chi connectivity index (χ4v) is 1.60. The molecule has 70 valence electrons. The molecule has 0 saturated carbocycles. The molecule has 0 spiro atoms. The number of piperazine rings is 1. The highest BCUT2D eigenvalue weighted by molar-refractivity contribution is 5.52. The molecule has 2 N–H and O–H groups in total. The smallest absolute Gasteiger partial charge is 0.133 e. The average molecular weight is 171 g/mol. The number of hydrogen-bond donors (Lipinski definition) is 1. The zero-order chi connectivity index (χ0) is 8.97. The topological polar surface area (TPSA) is 49.6 Å². The van der Waals surface area contributed by atoms with E-state index in [-0.39, 0.29) is 0 Å². The maximum atomic E-state index is 10.3. The van der Waals surface area contributed by atoms with Crippen molar-refractivity contribution in [2.75, 3.05) is 32.8 Å². The largest absolute Gasteiger partial charge is 0.318 e. The molecule has 0 amide bonds. The monoisotopic (exact) mass is 171 g/mol. The number of nitrogens with zero attached hydrogens (tertiary/aromatic N) is 2. The van der Waals surface area contributed by atoms with Crippen LogP contribution in [0.2, 0.25) is 0 Å². The molecule has 1 rings (SSSR count). The Kier molecular flexibility index (Phi) is 3.65. The second-order valence-electron chi connectivity index (χ2n) is 3.27. The minimum Gasteiger partial charge on any atom is -0.318 e. The van der Waals surface area contributed by atoms with Gasteiger partial charge in [0.25, 0.3) is 0 Å². The van der Waals surface area contributed by atoms with E-state index in [1.165, 1.54) is 0 Å². The Balaban J connectivity index is 2.36. The van der Waals surface area contributed by atoms with E-state index < -0.39 is 0 Å². The lowest BCUT2D eigenvalue weighted by atomic mass is 10.2. The quantitative estimate of drug-likeness (QED) is 0.560. The van der Waals surface area contributed by atoms with Gasteiger partial charge in [0.1, 0.15) is 6.29 Å². The van der Waals surface area contributed by atoms with Gasteiger partial charge in [0.05, 0.1) is 6.54 Å². The van der Waals surface area contributed by atoms with E-state index in [1.807, 2.05) is 0 Å². The lowest BCUT2D eigenvalue weighted by Gasteiger charge is -2.38. The van der Waals surface area contributed by atoms with Crippen molar-refractivity contribution < 1.29 is 4.79 Å². The second kappa shape index (κ2) is 4.54. The number of aldehydes is 1. The molecule has 4 nitrogen and oxygen atoms in total. The number of nitrogens with two attached hydrogens (primary N) is 1. The standard InChI is InChI=1S/C8H17N3O/c1-8-6-10(7-9)2-3-11(8)4-5-12/h5,8H,2-4,6-7,9H2,1H3. The van der Waals surface area contributed by atoms with E-state index >= 15 is 0 Å². The van der Waals surface area contributed by atoms with E-state index in [4.69, 9.17) is 5.73 Å². The van der Waals surface area contributed by atoms with Gasteiger partial charge in [0.15, 0.2) is 0 Å². The van der Waals surface area contributed by atoms with Crippen LogP contribution in [-0.2, 0) is 4.79 Å². The van der Waals surface area contributed by atoms with Crippen molar-refractivity contribution in [3.05, 3.63) is 0 Å². The number of hydrogen-bond acceptors (Lipinski definition) is 4. The predicted molar refractivity (Wildman–Crippen MR) is 47.7 cm³/mol. The first-order chi connectivity index (χ1) is 5.77. The Morgan fingerprint density at radius 1 is 1.58 bits per heavy atom. The third kappa shape index (κ3) is 2.27. The van der Waals surface area contributed by atoms with Crippen LogP contribution < -0.4 is 5.73 Å². The van der Waals surface area contributed by atoms with Crippen molar-refractivity contribution >= 4 is 6.29 Å². The van der Waals surface area contributed by atoms with E-state index in [0.717, 1.165) is 25.9 Å². The van der Waals surface area contributed by atoms with Gasteiger partial charge in [-0.25, -0.2) is 0 Å². The third-order valence-corrected chi connectivity index (χ3v) is 2.42. The fraction of sp³-hybridized carbons (Fsp3) is 0.875. The Morgan fingerprint density at radius 3 is 2.83 bits per heavy atom. The van der Waals surface area contributed by atoms with Crippen molar-refractivity contribution in [1.29, 1.82) is 0 Å². The van der Waals surface area contributed by atoms with Gasteiger partial charge < -0.3 is 10.5 Å². The third-order valence-electron chi connectivity index (χ3n) is 2.42. The highest BCUT2D eigenvalue weighted by atomic mass is 16.1. The van der Waals surface area contributed by atoms with Gasteiger partial charge in [0, 0.05) is 32.3 Å². The molecule has 0 aromatic carbocycles. The summed E-state index contributed by atoms with van der Waals surface area (Å²) in [5, 5.41) is 0. The number of carbonyl (C=O) groups excluding carboxylic acids is 1. The van der Waals surface area contributed by atoms with Crippen molar-refractivity contribution in [3.63, 3.8) is 0 Å². The van der Waals surface area contributed by atoms with Crippen LogP contribution in [0.4, 0.5) is 0 Å². The van der Waals surface area contributed by atoms with Gasteiger partial charge in [-0.15, -0.1) is 0 Å². The minimum absolute atomic E-state index is 0.451. The van der Waals surface area contributed by atoms with Crippen molar-refractivity contribution in [2.24, 2.45) is 5.73 Å². The summed E-state index contributed by atoms with van der Waals surface area (Å²) in [6.07, 6.45) is 0.967. The molecule has 1 aliphatic heterocycles. The summed E-state index contributed by atoms with van der Waals surface area (Å²) < 4.78 is 0. The molecule has 1 aliphatic rings. The normalized spacial score (nSPS) is 27.3. The van der Waals surface area contributed by atoms with Crippen LogP contribution in [0.5, 0.6) is 0 Å². The van der Waals surface area contributed by atoms with Gasteiger partial charge in [-0.1, -0.05) is 0 Å². The first kappa shape index (κ1) is 9.64. The van der Waals surface area contributed by atoms with Crippen molar-refractivity contribution in [3.8, 4) is 0 Å². The Labute approximate surface area is 73.3 Å². The summed E-state index contributed by atoms with van der Waals surface area (Å²) in [5.74, 6) is 0. The van der Waals surface area contributed by atoms with Gasteiger partial charge in [-0.3, -0.25) is 9.80 Å². The molecular weight excluding hydrogens is 154 g/mol. The second-order valence-corrected chi connectivity index (χ2v) is 3.27. The molecule has 0 aliphatic carbocycles. The summed E-state index contributed by atoms with van der Waals surface area (Å²) in [5.41, 5.74) is 5.52. The van der Waals surface area contributed by atoms with Crippen LogP contribution in [0, 0.1) is 0 Å². The number of rotatable bonds is 3. The minimum atomic E-state index is 0.451. The summed E-state index contributed by atoms with van der Waals surface area (Å²) >= 11 is 0. The zero-order valence-electron chi connectivity index (χ0n) is 7.57. The Morgan fingerprint density at radius 2 is 2.33 bits per heavy atom. The maximum absolute atomic E-state index is 10.3. The van der Waals surface area contributed by atoms with Gasteiger partial charge in [-0.05, 0) is 6.92 Å². The molecule has 0 aromatic rings. The average Bonchev–Trinajstić information content (AvgIpc) is 2.09. The summed E-state index contributed by atoms with van der Waals surface area (Å²) in [6.45, 7) is 6.22. The molecular formula is C8H17N3O. The summed E-state index contributed by atoms with van der Waals surface area (Å²) in [7, 11) is 0. The predicted octanol–water partition coefficient (Wildman–Crippen LogP) is -0.892. The van der Waals surface area contributed by atoms with Crippen LogP contribution in [0.15, 0.2) is 0 Å². The maximum Gasteiger partial charge on any atom is 0.133 e. The zero-order valence-corrected chi connectivity index (χ0v) is 7.57. The molecule has 0 aromatic heterocycles. The Hall–Kier alpha value is -0.450. The molecule has 0 radical (unpaired) electrons. The first-order valence-corrected chi connectivity index (χ1v) is 4.38. The summed E-state index contributed by atoms with van der Waals surface area (Å²) in [6, 6.07) is 0.451. The molecule has 1 heterocycles. The summed E-state index contributed by atoms with van der Waals surface area (Å²) in [4.78, 5) is 14.7. The molecule has 1 saturated heterocycles. The van der Waals surface area contributed by atoms with E-state index in [1.54, 1.807) is 0 Å². The van der Waals surface area contributed by atoms with Crippen LogP contribution in [0.1, 0.15) is 6.92 Å². The highest BCUT2D eigenvalue weighted by Gasteiger charge is 2.21. The van der Waals surface area contributed by atoms with E-state index in [9.17, 15) is 4.79 Å². The van der Waals surface area contributed by atoms with Crippen molar-refractivity contribution in [2.45, 2.75) is 13.0 Å². The van der Waals surface area contributed by atoms with Crippen LogP contribution in [0.3, 0.4) is 0 Å². The molecule has 0 bridgehead atoms. The molecule has 4 heteroatoms. The van der Waals surface area contributed by atoms with Gasteiger partial charge in [0.2, 0.25) is 0 Å². The highest BCUT2D eigenvalue weighted by Crippen LogP contribution is 2.06. The van der Waals surface area contributed by atoms with E-state index in [2.05, 4.69) is 16.7 Å².